The summed E-state index contributed by atoms with van der Waals surface area (Å²) in [6, 6.07) is 7.97. The van der Waals surface area contributed by atoms with E-state index in [0.29, 0.717) is 23.7 Å². The highest BCUT2D eigenvalue weighted by atomic mass is 16.5. The maximum atomic E-state index is 6.61. The molecule has 4 bridgehead atoms. The first-order valence-corrected chi connectivity index (χ1v) is 10.5. The van der Waals surface area contributed by atoms with E-state index in [4.69, 9.17) is 28.4 Å². The van der Waals surface area contributed by atoms with Crippen molar-refractivity contribution in [2.24, 2.45) is 23.7 Å². The predicted octanol–water partition coefficient (Wildman–Crippen LogP) is 4.15. The molecule has 0 spiro atoms. The van der Waals surface area contributed by atoms with Crippen molar-refractivity contribution in [1.29, 1.82) is 0 Å². The molecule has 30 heavy (non-hydrogen) atoms. The summed E-state index contributed by atoms with van der Waals surface area (Å²) in [5, 5.41) is 0. The Hall–Kier alpha value is -2.44. The molecule has 1 saturated carbocycles. The molecule has 0 N–H and O–H groups in total. The Morgan fingerprint density at radius 2 is 0.700 bits per heavy atom. The Kier molecular flexibility index (Phi) is 3.23. The summed E-state index contributed by atoms with van der Waals surface area (Å²) in [4.78, 5) is 0. The van der Waals surface area contributed by atoms with Gasteiger partial charge in [-0.3, -0.25) is 0 Å². The summed E-state index contributed by atoms with van der Waals surface area (Å²) in [6.07, 6.45) is 0.127. The van der Waals surface area contributed by atoms with E-state index in [-0.39, 0.29) is 24.4 Å². The van der Waals surface area contributed by atoms with Crippen LogP contribution in [0.25, 0.3) is 0 Å². The van der Waals surface area contributed by atoms with Crippen LogP contribution in [0.2, 0.25) is 0 Å². The molecule has 0 amide bonds. The van der Waals surface area contributed by atoms with Crippen LogP contribution >= 0.6 is 0 Å². The van der Waals surface area contributed by atoms with Gasteiger partial charge in [0, 0.05) is 45.9 Å². The first kappa shape index (κ1) is 17.3. The number of fused-ring (bicyclic) bond motifs is 18. The van der Waals surface area contributed by atoms with E-state index >= 15 is 0 Å². The lowest BCUT2D eigenvalue weighted by atomic mass is 9.47. The quantitative estimate of drug-likeness (QED) is 0.709. The number of benzene rings is 2. The molecular weight excluding hydrogens is 384 g/mol. The van der Waals surface area contributed by atoms with E-state index in [1.807, 2.05) is 24.3 Å². The highest BCUT2D eigenvalue weighted by Gasteiger charge is 2.75. The maximum Gasteiger partial charge on any atom is 0.125 e. The van der Waals surface area contributed by atoms with Crippen LogP contribution in [0.15, 0.2) is 24.3 Å². The van der Waals surface area contributed by atoms with Crippen LogP contribution in [0.1, 0.15) is 46.7 Å². The monoisotopic (exact) mass is 408 g/mol. The fourth-order valence-electron chi connectivity index (χ4n) is 7.29. The molecule has 4 heterocycles. The number of hydrogen-bond donors (Lipinski definition) is 0. The van der Waals surface area contributed by atoms with E-state index in [1.165, 1.54) is 22.3 Å². The molecule has 1 aliphatic carbocycles. The third-order valence-corrected chi connectivity index (χ3v) is 8.19. The van der Waals surface area contributed by atoms with Gasteiger partial charge in [0.25, 0.3) is 0 Å². The molecule has 5 aliphatic rings. The van der Waals surface area contributed by atoms with Crippen LogP contribution in [-0.4, -0.2) is 28.4 Å². The molecule has 0 aromatic heterocycles. The normalized spacial score (nSPS) is 37.7. The Balaban J connectivity index is 1.36. The van der Waals surface area contributed by atoms with Crippen LogP contribution in [0.3, 0.4) is 0 Å². The van der Waals surface area contributed by atoms with Gasteiger partial charge >= 0.3 is 0 Å². The summed E-state index contributed by atoms with van der Waals surface area (Å²) < 4.78 is 36.1. The Labute approximate surface area is 175 Å². The summed E-state index contributed by atoms with van der Waals surface area (Å²) >= 11 is 0. The van der Waals surface area contributed by atoms with Gasteiger partial charge < -0.3 is 28.4 Å². The van der Waals surface area contributed by atoms with Crippen molar-refractivity contribution in [3.63, 3.8) is 0 Å². The first-order valence-electron chi connectivity index (χ1n) is 10.5. The Morgan fingerprint density at radius 3 is 0.900 bits per heavy atom. The van der Waals surface area contributed by atoms with Gasteiger partial charge in [-0.05, 0) is 24.3 Å². The van der Waals surface area contributed by atoms with Gasteiger partial charge in [-0.1, -0.05) is 0 Å². The molecule has 156 valence electrons. The zero-order valence-corrected chi connectivity index (χ0v) is 17.4. The molecule has 8 atom stereocenters. The largest absolute Gasteiger partial charge is 0.496 e. The second kappa shape index (κ2) is 5.62. The van der Waals surface area contributed by atoms with Crippen molar-refractivity contribution in [3.8, 4) is 23.0 Å². The van der Waals surface area contributed by atoms with Crippen molar-refractivity contribution in [2.45, 2.75) is 24.4 Å². The van der Waals surface area contributed by atoms with Crippen LogP contribution in [-0.2, 0) is 9.47 Å². The first-order chi connectivity index (χ1) is 14.7. The second-order valence-electron chi connectivity index (χ2n) is 8.86. The van der Waals surface area contributed by atoms with Crippen molar-refractivity contribution in [2.75, 3.05) is 28.4 Å². The van der Waals surface area contributed by atoms with Crippen molar-refractivity contribution >= 4 is 0 Å². The molecule has 7 rings (SSSR count). The second-order valence-corrected chi connectivity index (χ2v) is 8.86. The SMILES string of the molecule is COc1ccc(OC)c2c1[C@H]1O[C@@H]2C2C1C1C2[C@H]2O[C@@H]1c1c(OC)ccc(OC)c12. The number of ether oxygens (including phenoxy) is 6. The van der Waals surface area contributed by atoms with Crippen molar-refractivity contribution in [3.05, 3.63) is 46.5 Å². The zero-order valence-electron chi connectivity index (χ0n) is 17.4. The third kappa shape index (κ3) is 1.69. The summed E-state index contributed by atoms with van der Waals surface area (Å²) in [7, 11) is 6.90. The van der Waals surface area contributed by atoms with Crippen LogP contribution in [0, 0.1) is 23.7 Å². The smallest absolute Gasteiger partial charge is 0.125 e. The van der Waals surface area contributed by atoms with Crippen molar-refractivity contribution in [1.82, 2.24) is 0 Å². The standard InChI is InChI=1S/C24H24O6/c1-25-9-5-6-10(26-2)14-13(9)21-17-18(22(14)29-21)20-19(17)23-15-11(27-3)7-8-12(28-4)16(15)24(20)30-23/h5-8,17-24H,1-4H3/t17?,18?,19?,20?,21-,22+,23-,24+. The fourth-order valence-corrected chi connectivity index (χ4v) is 7.29. The lowest BCUT2D eigenvalue weighted by Gasteiger charge is -2.53. The zero-order chi connectivity index (χ0) is 20.3. The predicted molar refractivity (Wildman–Crippen MR) is 106 cm³/mol. The molecule has 6 nitrogen and oxygen atoms in total. The van der Waals surface area contributed by atoms with Gasteiger partial charge in [0.05, 0.1) is 52.9 Å². The average Bonchev–Trinajstić information content (AvgIpc) is 3.49. The maximum absolute atomic E-state index is 6.61. The molecular formula is C24H24O6. The summed E-state index contributed by atoms with van der Waals surface area (Å²) in [5.41, 5.74) is 4.67. The van der Waals surface area contributed by atoms with E-state index in [2.05, 4.69) is 0 Å². The Bertz CT molecular complexity index is 904. The topological polar surface area (TPSA) is 55.4 Å². The highest BCUT2D eigenvalue weighted by Crippen LogP contribution is 2.81. The average molecular weight is 408 g/mol. The van der Waals surface area contributed by atoms with E-state index in [1.54, 1.807) is 28.4 Å². The van der Waals surface area contributed by atoms with E-state index in [9.17, 15) is 0 Å². The van der Waals surface area contributed by atoms with E-state index in [0.717, 1.165) is 23.0 Å². The molecule has 3 fully saturated rings. The lowest BCUT2D eigenvalue weighted by molar-refractivity contribution is -0.0211. The van der Waals surface area contributed by atoms with Gasteiger partial charge in [-0.2, -0.15) is 0 Å². The van der Waals surface area contributed by atoms with Gasteiger partial charge in [-0.25, -0.2) is 0 Å². The van der Waals surface area contributed by atoms with Gasteiger partial charge in [-0.15, -0.1) is 0 Å². The molecule has 2 saturated heterocycles. The molecule has 0 radical (unpaired) electrons. The fraction of sp³-hybridized carbons (Fsp3) is 0.500. The summed E-state index contributed by atoms with van der Waals surface area (Å²) in [5.74, 6) is 5.26. The number of hydrogen-bond acceptors (Lipinski definition) is 6. The molecule has 4 unspecified atom stereocenters. The lowest BCUT2D eigenvalue weighted by Crippen LogP contribution is -2.51. The molecule has 2 aromatic carbocycles. The van der Waals surface area contributed by atoms with E-state index < -0.39 is 0 Å². The van der Waals surface area contributed by atoms with Gasteiger partial charge in [0.2, 0.25) is 0 Å². The van der Waals surface area contributed by atoms with Gasteiger partial charge in [0.15, 0.2) is 0 Å². The summed E-state index contributed by atoms with van der Waals surface area (Å²) in [6.45, 7) is 0. The molecule has 6 heteroatoms. The van der Waals surface area contributed by atoms with Gasteiger partial charge in [0.1, 0.15) is 23.0 Å². The minimum atomic E-state index is 0.0318. The minimum Gasteiger partial charge on any atom is -0.496 e. The minimum absolute atomic E-state index is 0.0318. The number of rotatable bonds is 4. The molecule has 4 aliphatic heterocycles. The third-order valence-electron chi connectivity index (χ3n) is 8.19. The Morgan fingerprint density at radius 1 is 0.467 bits per heavy atom. The molecule has 2 aromatic rings. The van der Waals surface area contributed by atoms with Crippen molar-refractivity contribution < 1.29 is 28.4 Å². The van der Waals surface area contributed by atoms with Crippen LogP contribution in [0.5, 0.6) is 23.0 Å². The van der Waals surface area contributed by atoms with Crippen LogP contribution < -0.4 is 18.9 Å². The number of methoxy groups -OCH3 is 4. The van der Waals surface area contributed by atoms with Crippen LogP contribution in [0.4, 0.5) is 0 Å². The highest BCUT2D eigenvalue weighted by molar-refractivity contribution is 5.60.